The minimum absolute atomic E-state index is 0.212. The molecular formula is C24H27N3O. The number of likely N-dealkylation sites (tertiary alicyclic amines) is 1. The second-order valence-electron chi connectivity index (χ2n) is 7.53. The van der Waals surface area contributed by atoms with E-state index in [1.54, 1.807) is 0 Å². The van der Waals surface area contributed by atoms with Gasteiger partial charge in [-0.3, -0.25) is 4.79 Å². The largest absolute Gasteiger partial charge is 0.339 e. The Hall–Kier alpha value is -2.88. The molecule has 1 fully saturated rings. The first-order valence-corrected chi connectivity index (χ1v) is 10.2. The molecule has 2 heterocycles. The number of carbonyl (C=O) groups excluding carboxylic acids is 1. The second kappa shape index (κ2) is 8.42. The van der Waals surface area contributed by atoms with E-state index >= 15 is 0 Å². The molecule has 0 N–H and O–H groups in total. The number of para-hydroxylation sites is 1. The van der Waals surface area contributed by atoms with Gasteiger partial charge in [0.1, 0.15) is 0 Å². The Morgan fingerprint density at radius 1 is 1.11 bits per heavy atom. The second-order valence-corrected chi connectivity index (χ2v) is 7.53. The van der Waals surface area contributed by atoms with E-state index in [1.807, 2.05) is 47.4 Å². The summed E-state index contributed by atoms with van der Waals surface area (Å²) in [7, 11) is 0. The number of benzene rings is 2. The average molecular weight is 373 g/mol. The van der Waals surface area contributed by atoms with Gasteiger partial charge in [-0.2, -0.15) is 5.10 Å². The summed E-state index contributed by atoms with van der Waals surface area (Å²) in [6.45, 7) is 3.09. The summed E-state index contributed by atoms with van der Waals surface area (Å²) < 4.78 is 1.84. The highest BCUT2D eigenvalue weighted by Gasteiger charge is 2.34. The van der Waals surface area contributed by atoms with Crippen molar-refractivity contribution in [2.24, 2.45) is 0 Å². The molecule has 28 heavy (non-hydrogen) atoms. The van der Waals surface area contributed by atoms with Gasteiger partial charge in [0.05, 0.1) is 18.3 Å². The van der Waals surface area contributed by atoms with Crippen molar-refractivity contribution in [1.29, 1.82) is 0 Å². The number of hydrogen-bond acceptors (Lipinski definition) is 2. The molecule has 0 radical (unpaired) electrons. The van der Waals surface area contributed by atoms with E-state index in [2.05, 4.69) is 47.3 Å². The first-order chi connectivity index (χ1) is 13.8. The fraction of sp³-hybridized carbons (Fsp3) is 0.333. The Bertz CT molecular complexity index is 904. The number of nitrogens with zero attached hydrogens (tertiary/aromatic N) is 3. The molecule has 1 saturated heterocycles. The Kier molecular flexibility index (Phi) is 5.56. The fourth-order valence-corrected chi connectivity index (χ4v) is 4.40. The van der Waals surface area contributed by atoms with Gasteiger partial charge in [0.15, 0.2) is 0 Å². The normalized spacial score (nSPS) is 17.6. The summed E-state index contributed by atoms with van der Waals surface area (Å²) in [6.07, 6.45) is 7.40. The maximum atomic E-state index is 13.1. The van der Waals surface area contributed by atoms with Crippen LogP contribution in [-0.4, -0.2) is 33.2 Å². The first-order valence-electron chi connectivity index (χ1n) is 10.2. The summed E-state index contributed by atoms with van der Waals surface area (Å²) in [6, 6.07) is 20.9. The van der Waals surface area contributed by atoms with Crippen LogP contribution in [-0.2, 0) is 11.2 Å². The van der Waals surface area contributed by atoms with E-state index in [1.165, 1.54) is 5.56 Å². The molecule has 3 aromatic rings. The van der Waals surface area contributed by atoms with E-state index in [0.29, 0.717) is 18.4 Å². The lowest BCUT2D eigenvalue weighted by Gasteiger charge is -2.31. The number of amides is 1. The Morgan fingerprint density at radius 3 is 2.54 bits per heavy atom. The molecule has 1 aromatic heterocycles. The maximum Gasteiger partial charge on any atom is 0.227 e. The van der Waals surface area contributed by atoms with Gasteiger partial charge in [-0.05, 0) is 42.5 Å². The molecule has 144 valence electrons. The molecule has 1 aliphatic heterocycles. The van der Waals surface area contributed by atoms with Gasteiger partial charge >= 0.3 is 0 Å². The minimum atomic E-state index is 0.212. The third kappa shape index (κ3) is 3.86. The molecule has 0 saturated carbocycles. The van der Waals surface area contributed by atoms with Gasteiger partial charge in [0.2, 0.25) is 5.91 Å². The number of carbonyl (C=O) groups is 1. The number of hydrogen-bond donors (Lipinski definition) is 0. The van der Waals surface area contributed by atoms with Crippen molar-refractivity contribution in [3.8, 4) is 5.69 Å². The zero-order chi connectivity index (χ0) is 19.3. The fourth-order valence-electron chi connectivity index (χ4n) is 4.40. The van der Waals surface area contributed by atoms with E-state index < -0.39 is 0 Å². The summed E-state index contributed by atoms with van der Waals surface area (Å²) in [5.74, 6) is 0.615. The van der Waals surface area contributed by atoms with Crippen LogP contribution >= 0.6 is 0 Å². The summed E-state index contributed by atoms with van der Waals surface area (Å²) in [5, 5.41) is 4.43. The van der Waals surface area contributed by atoms with Gasteiger partial charge in [-0.25, -0.2) is 4.68 Å². The number of aromatic nitrogens is 2. The molecular weight excluding hydrogens is 346 g/mol. The van der Waals surface area contributed by atoms with Gasteiger partial charge in [-0.1, -0.05) is 55.5 Å². The maximum absolute atomic E-state index is 13.1. The molecule has 1 amide bonds. The predicted octanol–water partition coefficient (Wildman–Crippen LogP) is 4.60. The van der Waals surface area contributed by atoms with Crippen molar-refractivity contribution in [3.05, 3.63) is 84.2 Å². The van der Waals surface area contributed by atoms with E-state index in [9.17, 15) is 4.79 Å². The van der Waals surface area contributed by atoms with Gasteiger partial charge in [0.25, 0.3) is 0 Å². The third-order valence-corrected chi connectivity index (χ3v) is 5.76. The summed E-state index contributed by atoms with van der Waals surface area (Å²) in [5.41, 5.74) is 3.31. The number of rotatable bonds is 6. The molecule has 4 nitrogen and oxygen atoms in total. The minimum Gasteiger partial charge on any atom is -0.339 e. The zero-order valence-electron chi connectivity index (χ0n) is 16.4. The van der Waals surface area contributed by atoms with Crippen LogP contribution in [0.2, 0.25) is 0 Å². The molecule has 1 aliphatic rings. The predicted molar refractivity (Wildman–Crippen MR) is 111 cm³/mol. The average Bonchev–Trinajstić information content (AvgIpc) is 3.40. The monoisotopic (exact) mass is 373 g/mol. The van der Waals surface area contributed by atoms with Gasteiger partial charge in [-0.15, -0.1) is 0 Å². The Labute approximate surface area is 166 Å². The van der Waals surface area contributed by atoms with E-state index in [-0.39, 0.29) is 5.91 Å². The van der Waals surface area contributed by atoms with Crippen LogP contribution in [0.1, 0.15) is 43.2 Å². The molecule has 0 aliphatic carbocycles. The van der Waals surface area contributed by atoms with Crippen LogP contribution in [0.5, 0.6) is 0 Å². The van der Waals surface area contributed by atoms with Crippen LogP contribution in [0.15, 0.2) is 73.1 Å². The highest BCUT2D eigenvalue weighted by molar-refractivity contribution is 5.79. The lowest BCUT2D eigenvalue weighted by atomic mass is 9.87. The molecule has 0 spiro atoms. The molecule has 2 atom stereocenters. The summed E-state index contributed by atoms with van der Waals surface area (Å²) in [4.78, 5) is 15.2. The van der Waals surface area contributed by atoms with Crippen LogP contribution in [0.25, 0.3) is 5.69 Å². The smallest absolute Gasteiger partial charge is 0.227 e. The Morgan fingerprint density at radius 2 is 1.82 bits per heavy atom. The van der Waals surface area contributed by atoms with Crippen LogP contribution in [0, 0.1) is 0 Å². The molecule has 2 aromatic carbocycles. The quantitative estimate of drug-likeness (QED) is 0.633. The van der Waals surface area contributed by atoms with Crippen molar-refractivity contribution >= 4 is 5.91 Å². The van der Waals surface area contributed by atoms with E-state index in [4.69, 9.17) is 0 Å². The standard InChI is InChI=1S/C24H27N3O/c1-2-22(20-10-5-3-6-11-20)23-14-9-15-26(23)24(28)16-19-17-25-27(18-19)21-12-7-4-8-13-21/h3-8,10-13,17-18,22-23H,2,9,14-16H2,1H3/t22-,23-/m0/s1. The van der Waals surface area contributed by atoms with Crippen LogP contribution < -0.4 is 0 Å². The highest BCUT2D eigenvalue weighted by Crippen LogP contribution is 2.33. The first kappa shape index (κ1) is 18.5. The Balaban J connectivity index is 1.47. The summed E-state index contributed by atoms with van der Waals surface area (Å²) >= 11 is 0. The van der Waals surface area contributed by atoms with Crippen LogP contribution in [0.4, 0.5) is 0 Å². The van der Waals surface area contributed by atoms with Gasteiger partial charge in [0, 0.05) is 24.7 Å². The highest BCUT2D eigenvalue weighted by atomic mass is 16.2. The molecule has 4 rings (SSSR count). The molecule has 0 unspecified atom stereocenters. The van der Waals surface area contributed by atoms with Gasteiger partial charge < -0.3 is 4.90 Å². The van der Waals surface area contributed by atoms with Crippen molar-refractivity contribution in [2.45, 2.75) is 44.6 Å². The molecule has 0 bridgehead atoms. The van der Waals surface area contributed by atoms with Crippen molar-refractivity contribution in [1.82, 2.24) is 14.7 Å². The lowest BCUT2D eigenvalue weighted by Crippen LogP contribution is -2.40. The van der Waals surface area contributed by atoms with E-state index in [0.717, 1.165) is 37.1 Å². The SMILES string of the molecule is CC[C@@H](c1ccccc1)[C@@H]1CCCN1C(=O)Cc1cnn(-c2ccccc2)c1. The topological polar surface area (TPSA) is 38.1 Å². The molecule has 4 heteroatoms. The third-order valence-electron chi connectivity index (χ3n) is 5.76. The van der Waals surface area contributed by atoms with Crippen molar-refractivity contribution < 1.29 is 4.79 Å². The van der Waals surface area contributed by atoms with Crippen molar-refractivity contribution in [2.75, 3.05) is 6.54 Å². The zero-order valence-corrected chi connectivity index (χ0v) is 16.4. The van der Waals surface area contributed by atoms with Crippen LogP contribution in [0.3, 0.4) is 0 Å². The van der Waals surface area contributed by atoms with Crippen molar-refractivity contribution in [3.63, 3.8) is 0 Å². The lowest BCUT2D eigenvalue weighted by molar-refractivity contribution is -0.131.